The first kappa shape index (κ1) is 18.9. The number of aromatic nitrogens is 2. The highest BCUT2D eigenvalue weighted by atomic mass is 16.5. The third kappa shape index (κ3) is 3.65. The second-order valence-electron chi connectivity index (χ2n) is 8.26. The number of aryl methyl sites for hydroxylation is 1. The molecule has 0 N–H and O–H groups in total. The lowest BCUT2D eigenvalue weighted by atomic mass is 9.75. The highest BCUT2D eigenvalue weighted by Gasteiger charge is 2.34. The van der Waals surface area contributed by atoms with Crippen molar-refractivity contribution < 1.29 is 14.1 Å². The highest BCUT2D eigenvalue weighted by Crippen LogP contribution is 2.35. The second kappa shape index (κ2) is 7.81. The van der Waals surface area contributed by atoms with Crippen molar-refractivity contribution in [3.8, 4) is 0 Å². The van der Waals surface area contributed by atoms with E-state index in [1.54, 1.807) is 0 Å². The fourth-order valence-corrected chi connectivity index (χ4v) is 4.63. The lowest BCUT2D eigenvalue weighted by molar-refractivity contribution is -0.653. The van der Waals surface area contributed by atoms with E-state index in [9.17, 15) is 4.79 Å². The molecule has 26 heavy (non-hydrogen) atoms. The quantitative estimate of drug-likeness (QED) is 0.598. The Balaban J connectivity index is 1.81. The van der Waals surface area contributed by atoms with Crippen LogP contribution in [0.3, 0.4) is 0 Å². The monoisotopic (exact) mass is 357 g/mol. The van der Waals surface area contributed by atoms with Crippen molar-refractivity contribution in [1.29, 1.82) is 0 Å². The van der Waals surface area contributed by atoms with Gasteiger partial charge in [0.15, 0.2) is 17.6 Å². The average molecular weight is 358 g/mol. The standard InChI is InChI=1S/C22H33N2O2/c1-6-21-23(5)18-9-7-8-10-19(18)24(21)14-22(25)26-20-13-16(4)11-12-17(20)15(2)3/h7-10,15-17,20H,6,11-14H2,1-5H3/q+1/t16-,17+,20-/m0/s1. The summed E-state index contributed by atoms with van der Waals surface area (Å²) in [6.07, 6.45) is 4.35. The fourth-order valence-electron chi connectivity index (χ4n) is 4.63. The number of carbonyl (C=O) groups is 1. The van der Waals surface area contributed by atoms with Crippen LogP contribution in [0.5, 0.6) is 0 Å². The molecule has 0 saturated heterocycles. The number of hydrogen-bond donors (Lipinski definition) is 0. The smallest absolute Gasteiger partial charge is 0.348 e. The van der Waals surface area contributed by atoms with E-state index < -0.39 is 0 Å². The van der Waals surface area contributed by atoms with Crippen molar-refractivity contribution in [2.75, 3.05) is 0 Å². The number of hydrogen-bond acceptors (Lipinski definition) is 2. The Bertz CT molecular complexity index is 778. The van der Waals surface area contributed by atoms with Crippen molar-refractivity contribution in [3.63, 3.8) is 0 Å². The molecule has 0 bridgehead atoms. The normalized spacial score (nSPS) is 23.5. The Hall–Kier alpha value is -1.84. The predicted molar refractivity (Wildman–Crippen MR) is 104 cm³/mol. The fraction of sp³-hybridized carbons (Fsp3) is 0.636. The molecule has 3 atom stereocenters. The summed E-state index contributed by atoms with van der Waals surface area (Å²) in [5, 5.41) is 0. The zero-order chi connectivity index (χ0) is 18.8. The third-order valence-corrected chi connectivity index (χ3v) is 6.08. The van der Waals surface area contributed by atoms with Gasteiger partial charge in [-0.2, -0.15) is 0 Å². The molecule has 0 aliphatic heterocycles. The first-order valence-electron chi connectivity index (χ1n) is 10.1. The number of ether oxygens (including phenoxy) is 1. The molecule has 0 amide bonds. The Morgan fingerprint density at radius 1 is 1.31 bits per heavy atom. The van der Waals surface area contributed by atoms with Gasteiger partial charge in [-0.15, -0.1) is 0 Å². The van der Waals surface area contributed by atoms with Crippen LogP contribution in [0.15, 0.2) is 24.3 Å². The summed E-state index contributed by atoms with van der Waals surface area (Å²) in [7, 11) is 2.07. The summed E-state index contributed by atoms with van der Waals surface area (Å²) in [4.78, 5) is 12.8. The van der Waals surface area contributed by atoms with Crippen LogP contribution in [-0.2, 0) is 29.5 Å². The van der Waals surface area contributed by atoms with Gasteiger partial charge in [-0.25, -0.2) is 13.9 Å². The minimum Gasteiger partial charge on any atom is -0.459 e. The Morgan fingerprint density at radius 3 is 2.73 bits per heavy atom. The molecule has 0 spiro atoms. The van der Waals surface area contributed by atoms with E-state index in [1.165, 1.54) is 12.8 Å². The summed E-state index contributed by atoms with van der Waals surface area (Å²) < 4.78 is 10.3. The Kier molecular flexibility index (Phi) is 5.69. The minimum atomic E-state index is -0.106. The number of esters is 1. The van der Waals surface area contributed by atoms with Crippen LogP contribution in [0.25, 0.3) is 11.0 Å². The average Bonchev–Trinajstić information content (AvgIpc) is 2.86. The van der Waals surface area contributed by atoms with E-state index in [4.69, 9.17) is 4.74 Å². The molecule has 4 heteroatoms. The molecular formula is C22H33N2O2+. The van der Waals surface area contributed by atoms with Crippen molar-refractivity contribution in [1.82, 2.24) is 4.57 Å². The van der Waals surface area contributed by atoms with Gasteiger partial charge in [-0.1, -0.05) is 46.2 Å². The first-order valence-corrected chi connectivity index (χ1v) is 10.1. The third-order valence-electron chi connectivity index (χ3n) is 6.08. The second-order valence-corrected chi connectivity index (χ2v) is 8.26. The largest absolute Gasteiger partial charge is 0.459 e. The van der Waals surface area contributed by atoms with Gasteiger partial charge in [-0.05, 0) is 42.7 Å². The number of benzene rings is 1. The van der Waals surface area contributed by atoms with Crippen LogP contribution < -0.4 is 4.57 Å². The topological polar surface area (TPSA) is 35.1 Å². The Labute approximate surface area is 157 Å². The van der Waals surface area contributed by atoms with Crippen molar-refractivity contribution in [2.24, 2.45) is 24.8 Å². The molecule has 142 valence electrons. The van der Waals surface area contributed by atoms with E-state index in [1.807, 2.05) is 12.1 Å². The van der Waals surface area contributed by atoms with Crippen LogP contribution in [0.2, 0.25) is 0 Å². The number of para-hydroxylation sites is 2. The van der Waals surface area contributed by atoms with Crippen LogP contribution >= 0.6 is 0 Å². The van der Waals surface area contributed by atoms with Gasteiger partial charge in [-0.3, -0.25) is 0 Å². The van der Waals surface area contributed by atoms with Gasteiger partial charge >= 0.3 is 5.97 Å². The van der Waals surface area contributed by atoms with Crippen LogP contribution in [-0.4, -0.2) is 16.6 Å². The molecule has 1 aromatic carbocycles. The molecule has 1 aliphatic rings. The van der Waals surface area contributed by atoms with E-state index in [0.29, 0.717) is 24.3 Å². The van der Waals surface area contributed by atoms with Crippen LogP contribution in [0.4, 0.5) is 0 Å². The molecule has 1 heterocycles. The maximum atomic E-state index is 12.8. The van der Waals surface area contributed by atoms with Crippen LogP contribution in [0.1, 0.15) is 52.8 Å². The maximum Gasteiger partial charge on any atom is 0.348 e. The first-order chi connectivity index (χ1) is 12.4. The summed E-state index contributed by atoms with van der Waals surface area (Å²) >= 11 is 0. The number of imidazole rings is 1. The van der Waals surface area contributed by atoms with Gasteiger partial charge < -0.3 is 4.74 Å². The molecule has 1 aliphatic carbocycles. The van der Waals surface area contributed by atoms with Gasteiger partial charge in [0.1, 0.15) is 6.10 Å². The Morgan fingerprint density at radius 2 is 2.04 bits per heavy atom. The zero-order valence-electron chi connectivity index (χ0n) is 16.9. The van der Waals surface area contributed by atoms with E-state index in [-0.39, 0.29) is 12.1 Å². The number of carbonyl (C=O) groups excluding carboxylic acids is 1. The van der Waals surface area contributed by atoms with E-state index in [2.05, 4.69) is 56.0 Å². The number of nitrogens with zero attached hydrogens (tertiary/aromatic N) is 2. The maximum absolute atomic E-state index is 12.8. The van der Waals surface area contributed by atoms with Gasteiger partial charge in [0.25, 0.3) is 5.82 Å². The molecule has 4 nitrogen and oxygen atoms in total. The molecule has 1 fully saturated rings. The summed E-state index contributed by atoms with van der Waals surface area (Å²) in [5.41, 5.74) is 2.25. The molecular weight excluding hydrogens is 324 g/mol. The van der Waals surface area contributed by atoms with E-state index in [0.717, 1.165) is 29.7 Å². The molecule has 3 rings (SSSR count). The number of rotatable bonds is 5. The van der Waals surface area contributed by atoms with Crippen molar-refractivity contribution in [2.45, 2.75) is 66.0 Å². The molecule has 0 radical (unpaired) electrons. The predicted octanol–water partition coefficient (Wildman–Crippen LogP) is 4.03. The highest BCUT2D eigenvalue weighted by molar-refractivity contribution is 5.76. The zero-order valence-corrected chi connectivity index (χ0v) is 16.9. The minimum absolute atomic E-state index is 0.0619. The SMILES string of the molecule is CCc1n(CC(=O)O[C@H]2C[C@@H](C)CC[C@@H]2C(C)C)c2ccccc2[n+]1C. The molecule has 1 aromatic heterocycles. The van der Waals surface area contributed by atoms with Crippen LogP contribution in [0, 0.1) is 17.8 Å². The van der Waals surface area contributed by atoms with Gasteiger partial charge in [0.2, 0.25) is 0 Å². The van der Waals surface area contributed by atoms with Gasteiger partial charge in [0, 0.05) is 6.42 Å². The lowest BCUT2D eigenvalue weighted by Gasteiger charge is -2.36. The summed E-state index contributed by atoms with van der Waals surface area (Å²) in [5.74, 6) is 2.72. The number of fused-ring (bicyclic) bond motifs is 1. The summed E-state index contributed by atoms with van der Waals surface area (Å²) in [6.45, 7) is 9.19. The van der Waals surface area contributed by atoms with Crippen molar-refractivity contribution >= 4 is 17.0 Å². The van der Waals surface area contributed by atoms with E-state index >= 15 is 0 Å². The molecule has 2 aromatic rings. The summed E-state index contributed by atoms with van der Waals surface area (Å²) in [6, 6.07) is 8.26. The molecule has 0 unspecified atom stereocenters. The lowest BCUT2D eigenvalue weighted by Crippen LogP contribution is -2.37. The molecule has 1 saturated carbocycles. The van der Waals surface area contributed by atoms with Crippen molar-refractivity contribution in [3.05, 3.63) is 30.1 Å². The van der Waals surface area contributed by atoms with Gasteiger partial charge in [0.05, 0.1) is 7.05 Å².